The molecule has 2 heterocycles. The molecule has 25 heavy (non-hydrogen) atoms. The Morgan fingerprint density at radius 2 is 1.84 bits per heavy atom. The second kappa shape index (κ2) is 5.98. The molecule has 1 aliphatic heterocycles. The van der Waals surface area contributed by atoms with Gasteiger partial charge in [-0.15, -0.1) is 0 Å². The summed E-state index contributed by atoms with van der Waals surface area (Å²) in [6.45, 7) is 1.66. The van der Waals surface area contributed by atoms with Gasteiger partial charge in [-0.05, 0) is 43.7 Å². The summed E-state index contributed by atoms with van der Waals surface area (Å²) in [6, 6.07) is 2.94. The zero-order chi connectivity index (χ0) is 17.6. The molecule has 2 N–H and O–H groups in total. The first kappa shape index (κ1) is 15.8. The van der Waals surface area contributed by atoms with E-state index in [0.717, 1.165) is 12.8 Å². The van der Waals surface area contributed by atoms with E-state index in [4.69, 9.17) is 0 Å². The number of urea groups is 1. The monoisotopic (exact) mass is 340 g/mol. The first-order chi connectivity index (χ1) is 12.1. The smallest absolute Gasteiger partial charge is 0.317 e. The highest BCUT2D eigenvalue weighted by molar-refractivity contribution is 6.06. The molecule has 2 bridgehead atoms. The number of hydrogen-bond acceptors (Lipinski definition) is 4. The van der Waals surface area contributed by atoms with Crippen LogP contribution < -0.4 is 10.6 Å². The summed E-state index contributed by atoms with van der Waals surface area (Å²) >= 11 is 0. The molecule has 0 spiro atoms. The number of amides is 4. The Morgan fingerprint density at radius 3 is 2.36 bits per heavy atom. The van der Waals surface area contributed by atoms with Gasteiger partial charge in [-0.1, -0.05) is 12.2 Å². The van der Waals surface area contributed by atoms with Gasteiger partial charge in [-0.25, -0.2) is 4.79 Å². The molecule has 0 radical (unpaired) electrons. The lowest BCUT2D eigenvalue weighted by Gasteiger charge is -2.38. The standard InChI is InChI=1S/C18H20N4O3/c1-10(20-18(25)21-13-3-2-8-19-9-13)22-16(23)14-11-4-5-12(7-6-11)15(14)17(22)24/h2-5,8-12,14-15H,6-7H2,1H3,(H2,20,21,25)/t10-,11+,12+,14+,15+/m1/s1. The number of likely N-dealkylation sites (tertiary alicyclic amines) is 1. The third-order valence-electron chi connectivity index (χ3n) is 5.44. The molecule has 4 aliphatic rings. The molecule has 130 valence electrons. The van der Waals surface area contributed by atoms with Gasteiger partial charge in [-0.3, -0.25) is 19.5 Å². The number of allylic oxidation sites excluding steroid dienone is 2. The summed E-state index contributed by atoms with van der Waals surface area (Å²) in [6.07, 6.45) is 8.51. The number of anilines is 1. The zero-order valence-electron chi connectivity index (χ0n) is 13.9. The lowest BCUT2D eigenvalue weighted by molar-refractivity contribution is -0.142. The zero-order valence-corrected chi connectivity index (χ0v) is 13.9. The minimum Gasteiger partial charge on any atom is -0.317 e. The van der Waals surface area contributed by atoms with Gasteiger partial charge in [0.15, 0.2) is 0 Å². The van der Waals surface area contributed by atoms with Crippen molar-refractivity contribution in [1.82, 2.24) is 15.2 Å². The highest BCUT2D eigenvalue weighted by atomic mass is 16.2. The van der Waals surface area contributed by atoms with Gasteiger partial charge in [0, 0.05) is 6.20 Å². The number of aromatic nitrogens is 1. The van der Waals surface area contributed by atoms with Crippen LogP contribution in [0, 0.1) is 23.7 Å². The van der Waals surface area contributed by atoms with E-state index in [1.54, 1.807) is 25.3 Å². The van der Waals surface area contributed by atoms with E-state index < -0.39 is 12.2 Å². The molecule has 7 nitrogen and oxygen atoms in total. The van der Waals surface area contributed by atoms with Crippen molar-refractivity contribution in [3.63, 3.8) is 0 Å². The van der Waals surface area contributed by atoms with E-state index in [-0.39, 0.29) is 35.5 Å². The average molecular weight is 340 g/mol. The number of nitrogens with zero attached hydrogens (tertiary/aromatic N) is 2. The molecule has 5 rings (SSSR count). The van der Waals surface area contributed by atoms with E-state index in [2.05, 4.69) is 27.8 Å². The van der Waals surface area contributed by atoms with Gasteiger partial charge in [0.2, 0.25) is 11.8 Å². The van der Waals surface area contributed by atoms with E-state index in [9.17, 15) is 14.4 Å². The minimum atomic E-state index is -0.693. The second-order valence-corrected chi connectivity index (χ2v) is 6.90. The summed E-state index contributed by atoms with van der Waals surface area (Å²) in [7, 11) is 0. The number of carbonyl (C=O) groups excluding carboxylic acids is 3. The van der Waals surface area contributed by atoms with Crippen molar-refractivity contribution in [2.24, 2.45) is 23.7 Å². The van der Waals surface area contributed by atoms with Crippen LogP contribution >= 0.6 is 0 Å². The van der Waals surface area contributed by atoms with Gasteiger partial charge in [0.25, 0.3) is 0 Å². The maximum absolute atomic E-state index is 12.8. The quantitative estimate of drug-likeness (QED) is 0.648. The number of hydrogen-bond donors (Lipinski definition) is 2. The molecule has 1 saturated carbocycles. The molecular formula is C18H20N4O3. The maximum atomic E-state index is 12.8. The van der Waals surface area contributed by atoms with Crippen LogP contribution in [0.5, 0.6) is 0 Å². The Labute approximate surface area is 145 Å². The highest BCUT2D eigenvalue weighted by Gasteiger charge is 2.57. The first-order valence-corrected chi connectivity index (χ1v) is 8.59. The van der Waals surface area contributed by atoms with E-state index >= 15 is 0 Å². The Kier molecular flexibility index (Phi) is 3.78. The van der Waals surface area contributed by atoms with Crippen molar-refractivity contribution in [3.05, 3.63) is 36.7 Å². The number of rotatable bonds is 3. The number of imide groups is 1. The van der Waals surface area contributed by atoms with Crippen molar-refractivity contribution in [2.45, 2.75) is 25.9 Å². The largest absolute Gasteiger partial charge is 0.320 e. The fraction of sp³-hybridized carbons (Fsp3) is 0.444. The highest BCUT2D eigenvalue weighted by Crippen LogP contribution is 2.49. The molecule has 0 unspecified atom stereocenters. The van der Waals surface area contributed by atoms with Crippen LogP contribution in [0.1, 0.15) is 19.8 Å². The van der Waals surface area contributed by atoms with E-state index in [1.807, 2.05) is 0 Å². The number of carbonyl (C=O) groups is 3. The van der Waals surface area contributed by atoms with Crippen LogP contribution in [0.2, 0.25) is 0 Å². The van der Waals surface area contributed by atoms with Crippen LogP contribution in [0.4, 0.5) is 10.5 Å². The predicted octanol–water partition coefficient (Wildman–Crippen LogP) is 1.75. The molecule has 0 aromatic carbocycles. The average Bonchev–Trinajstić information content (AvgIpc) is 2.90. The van der Waals surface area contributed by atoms with E-state index in [1.165, 1.54) is 11.1 Å². The molecule has 1 aromatic heterocycles. The van der Waals surface area contributed by atoms with Crippen molar-refractivity contribution >= 4 is 23.5 Å². The summed E-state index contributed by atoms with van der Waals surface area (Å²) in [5.74, 6) is -0.559. The van der Waals surface area contributed by atoms with Gasteiger partial charge in [-0.2, -0.15) is 0 Å². The lowest BCUT2D eigenvalue weighted by Crippen LogP contribution is -2.50. The third-order valence-corrected chi connectivity index (χ3v) is 5.44. The van der Waals surface area contributed by atoms with Gasteiger partial charge >= 0.3 is 6.03 Å². The number of pyridine rings is 1. The topological polar surface area (TPSA) is 91.4 Å². The van der Waals surface area contributed by atoms with Crippen LogP contribution in [-0.4, -0.2) is 33.9 Å². The molecule has 1 aromatic rings. The summed E-state index contributed by atoms with van der Waals surface area (Å²) in [5.41, 5.74) is 0.544. The summed E-state index contributed by atoms with van der Waals surface area (Å²) < 4.78 is 0. The number of nitrogens with one attached hydrogen (secondary N) is 2. The SMILES string of the molecule is C[C@H](NC(=O)Nc1cccnc1)N1C(=O)[C@@H]2[C@@H](C1=O)[C@H]1C=C[C@H]2CC1. The fourth-order valence-electron chi connectivity index (χ4n) is 4.34. The van der Waals surface area contributed by atoms with Crippen LogP contribution in [0.25, 0.3) is 0 Å². The van der Waals surface area contributed by atoms with Crippen molar-refractivity contribution < 1.29 is 14.4 Å². The van der Waals surface area contributed by atoms with Crippen LogP contribution in [0.15, 0.2) is 36.7 Å². The molecular weight excluding hydrogens is 320 g/mol. The fourth-order valence-corrected chi connectivity index (χ4v) is 4.34. The molecule has 4 amide bonds. The molecule has 2 fully saturated rings. The Morgan fingerprint density at radius 1 is 1.20 bits per heavy atom. The van der Waals surface area contributed by atoms with Gasteiger partial charge in [0.1, 0.15) is 6.17 Å². The van der Waals surface area contributed by atoms with Crippen molar-refractivity contribution in [1.29, 1.82) is 0 Å². The molecule has 3 aliphatic carbocycles. The van der Waals surface area contributed by atoms with Crippen molar-refractivity contribution in [2.75, 3.05) is 5.32 Å². The molecule has 5 atom stereocenters. The van der Waals surface area contributed by atoms with Gasteiger partial charge < -0.3 is 10.6 Å². The molecule has 1 saturated heterocycles. The Balaban J connectivity index is 1.46. The number of fused-ring (bicyclic) bond motifs is 1. The minimum absolute atomic E-state index is 0.146. The maximum Gasteiger partial charge on any atom is 0.320 e. The summed E-state index contributed by atoms with van der Waals surface area (Å²) in [5, 5.41) is 5.32. The Hall–Kier alpha value is -2.70. The first-order valence-electron chi connectivity index (χ1n) is 8.59. The predicted molar refractivity (Wildman–Crippen MR) is 90.0 cm³/mol. The third kappa shape index (κ3) is 2.59. The van der Waals surface area contributed by atoms with E-state index in [0.29, 0.717) is 5.69 Å². The van der Waals surface area contributed by atoms with Crippen LogP contribution in [-0.2, 0) is 9.59 Å². The Bertz CT molecular complexity index is 716. The molecule has 7 heteroatoms. The lowest BCUT2D eigenvalue weighted by atomic mass is 9.63. The van der Waals surface area contributed by atoms with Gasteiger partial charge in [0.05, 0.1) is 23.7 Å². The summed E-state index contributed by atoms with van der Waals surface area (Å²) in [4.78, 5) is 42.9. The van der Waals surface area contributed by atoms with Crippen LogP contribution in [0.3, 0.4) is 0 Å². The second-order valence-electron chi connectivity index (χ2n) is 6.90. The van der Waals surface area contributed by atoms with Crippen molar-refractivity contribution in [3.8, 4) is 0 Å². The normalized spacial score (nSPS) is 31.0.